The van der Waals surface area contributed by atoms with Crippen LogP contribution in [0, 0.1) is 0 Å². The Kier molecular flexibility index (Phi) is 9.90. The summed E-state index contributed by atoms with van der Waals surface area (Å²) < 4.78 is 0. The molecule has 0 aliphatic heterocycles. The number of amides is 2. The minimum Gasteiger partial charge on any atom is -0.390 e. The molecule has 39 heavy (non-hydrogen) atoms. The number of rotatable bonds is 14. The van der Waals surface area contributed by atoms with Crippen LogP contribution in [0.2, 0.25) is 0 Å². The van der Waals surface area contributed by atoms with Gasteiger partial charge < -0.3 is 20.6 Å². The number of carbonyl (C=O) groups excluding carboxylic acids is 2. The third-order valence-electron chi connectivity index (χ3n) is 7.45. The summed E-state index contributed by atoms with van der Waals surface area (Å²) >= 11 is 0. The first kappa shape index (κ1) is 28.5. The highest BCUT2D eigenvalue weighted by Crippen LogP contribution is 2.45. The third-order valence-corrected chi connectivity index (χ3v) is 7.45. The van der Waals surface area contributed by atoms with Crippen molar-refractivity contribution in [2.24, 2.45) is 0 Å². The number of aliphatic hydroxyl groups excluding tert-OH is 1. The zero-order chi connectivity index (χ0) is 27.7. The Morgan fingerprint density at radius 2 is 1.49 bits per heavy atom. The van der Waals surface area contributed by atoms with Crippen molar-refractivity contribution in [2.45, 2.75) is 63.6 Å². The smallest absolute Gasteiger partial charge is 0.253 e. The molecule has 206 valence electrons. The molecule has 1 aliphatic carbocycles. The lowest BCUT2D eigenvalue weighted by atomic mass is 9.99. The van der Waals surface area contributed by atoms with Crippen LogP contribution >= 0.6 is 0 Å². The summed E-state index contributed by atoms with van der Waals surface area (Å²) in [7, 11) is 0. The van der Waals surface area contributed by atoms with Crippen molar-refractivity contribution in [3.05, 3.63) is 107 Å². The van der Waals surface area contributed by atoms with Gasteiger partial charge in [-0.15, -0.1) is 0 Å². The van der Waals surface area contributed by atoms with Crippen LogP contribution in [0.1, 0.15) is 71.4 Å². The molecule has 3 N–H and O–H groups in total. The monoisotopic (exact) mass is 527 g/mol. The fraction of sp³-hybridized carbons (Fsp3) is 0.394. The van der Waals surface area contributed by atoms with Gasteiger partial charge in [-0.2, -0.15) is 0 Å². The summed E-state index contributed by atoms with van der Waals surface area (Å²) in [4.78, 5) is 28.4. The van der Waals surface area contributed by atoms with E-state index in [1.807, 2.05) is 53.4 Å². The predicted molar refractivity (Wildman–Crippen MR) is 156 cm³/mol. The number of carbonyl (C=O) groups is 2. The van der Waals surface area contributed by atoms with E-state index in [1.165, 1.54) is 5.56 Å². The highest BCUT2D eigenvalue weighted by atomic mass is 16.3. The maximum Gasteiger partial charge on any atom is 0.253 e. The third kappa shape index (κ3) is 7.55. The molecular formula is C33H41N3O3. The molecule has 6 nitrogen and oxygen atoms in total. The Labute approximate surface area is 232 Å². The van der Waals surface area contributed by atoms with Crippen molar-refractivity contribution in [1.29, 1.82) is 0 Å². The first-order chi connectivity index (χ1) is 19.0. The largest absolute Gasteiger partial charge is 0.390 e. The first-order valence-corrected chi connectivity index (χ1v) is 14.2. The molecule has 0 radical (unpaired) electrons. The van der Waals surface area contributed by atoms with Crippen molar-refractivity contribution in [1.82, 2.24) is 15.5 Å². The predicted octanol–water partition coefficient (Wildman–Crippen LogP) is 4.93. The minimum absolute atomic E-state index is 0.0611. The number of aliphatic hydroxyl groups is 1. The number of hydrogen-bond donors (Lipinski definition) is 3. The Hall–Kier alpha value is -3.48. The van der Waals surface area contributed by atoms with Gasteiger partial charge in [0.05, 0.1) is 12.1 Å². The van der Waals surface area contributed by atoms with E-state index in [0.717, 1.165) is 31.2 Å². The van der Waals surface area contributed by atoms with Crippen LogP contribution in [-0.4, -0.2) is 53.6 Å². The second-order valence-electron chi connectivity index (χ2n) is 10.5. The fourth-order valence-electron chi connectivity index (χ4n) is 5.13. The van der Waals surface area contributed by atoms with Crippen LogP contribution in [0.3, 0.4) is 0 Å². The Balaban J connectivity index is 1.47. The average Bonchev–Trinajstić information content (AvgIpc) is 3.77. The molecule has 0 spiro atoms. The normalized spacial score (nSPS) is 15.3. The van der Waals surface area contributed by atoms with Crippen molar-refractivity contribution < 1.29 is 14.7 Å². The van der Waals surface area contributed by atoms with E-state index in [1.54, 1.807) is 24.3 Å². The zero-order valence-electron chi connectivity index (χ0n) is 23.1. The number of hydrogen-bond acceptors (Lipinski definition) is 4. The molecule has 1 fully saturated rings. The standard InChI is InChI=1S/C33H41N3O3/c1-3-20-36(21-4-2)32(39)27-15-11-14-26(23-27)31(38)35-29(22-25-12-7-5-8-13-25)30(37)24-34-33(18-19-33)28-16-9-6-10-17-28/h5-17,23,29-30,34,37H,3-4,18-22,24H2,1-2H3,(H,35,38)/t29-,30+/m0/s1. The minimum atomic E-state index is -0.801. The van der Waals surface area contributed by atoms with Gasteiger partial charge >= 0.3 is 0 Å². The van der Waals surface area contributed by atoms with Crippen LogP contribution in [0.25, 0.3) is 0 Å². The second kappa shape index (κ2) is 13.5. The van der Waals surface area contributed by atoms with E-state index in [9.17, 15) is 14.7 Å². The Bertz CT molecular complexity index is 1210. The van der Waals surface area contributed by atoms with Gasteiger partial charge in [-0.3, -0.25) is 9.59 Å². The van der Waals surface area contributed by atoms with Crippen molar-refractivity contribution in [3.63, 3.8) is 0 Å². The van der Waals surface area contributed by atoms with Crippen LogP contribution in [0.4, 0.5) is 0 Å². The fourth-order valence-corrected chi connectivity index (χ4v) is 5.13. The van der Waals surface area contributed by atoms with Gasteiger partial charge in [0.2, 0.25) is 0 Å². The lowest BCUT2D eigenvalue weighted by Crippen LogP contribution is -2.50. The molecule has 1 saturated carbocycles. The number of nitrogens with zero attached hydrogens (tertiary/aromatic N) is 1. The van der Waals surface area contributed by atoms with E-state index in [-0.39, 0.29) is 17.4 Å². The van der Waals surface area contributed by atoms with Gasteiger partial charge in [-0.1, -0.05) is 80.6 Å². The van der Waals surface area contributed by atoms with Crippen LogP contribution in [0.5, 0.6) is 0 Å². The molecule has 1 aliphatic rings. The molecule has 2 amide bonds. The number of nitrogens with one attached hydrogen (secondary N) is 2. The molecule has 3 aromatic rings. The van der Waals surface area contributed by atoms with E-state index in [2.05, 4.69) is 36.6 Å². The van der Waals surface area contributed by atoms with Gasteiger partial charge in [-0.05, 0) is 61.4 Å². The van der Waals surface area contributed by atoms with Crippen molar-refractivity contribution >= 4 is 11.8 Å². The van der Waals surface area contributed by atoms with Gasteiger partial charge in [0, 0.05) is 36.3 Å². The summed E-state index contributed by atoms with van der Waals surface area (Å²) in [6.07, 6.45) is 3.49. The van der Waals surface area contributed by atoms with Gasteiger partial charge in [-0.25, -0.2) is 0 Å². The molecule has 0 aromatic heterocycles. The average molecular weight is 528 g/mol. The molecule has 3 aromatic carbocycles. The van der Waals surface area contributed by atoms with E-state index in [4.69, 9.17) is 0 Å². The van der Waals surface area contributed by atoms with E-state index < -0.39 is 12.1 Å². The van der Waals surface area contributed by atoms with E-state index in [0.29, 0.717) is 37.2 Å². The Morgan fingerprint density at radius 3 is 2.10 bits per heavy atom. The first-order valence-electron chi connectivity index (χ1n) is 14.2. The topological polar surface area (TPSA) is 81.7 Å². The zero-order valence-corrected chi connectivity index (χ0v) is 23.1. The van der Waals surface area contributed by atoms with Gasteiger partial charge in [0.25, 0.3) is 11.8 Å². The molecular weight excluding hydrogens is 486 g/mol. The second-order valence-corrected chi connectivity index (χ2v) is 10.5. The van der Waals surface area contributed by atoms with Crippen molar-refractivity contribution in [2.75, 3.05) is 19.6 Å². The summed E-state index contributed by atoms with van der Waals surface area (Å²) in [6.45, 7) is 5.83. The molecule has 2 atom stereocenters. The molecule has 0 saturated heterocycles. The van der Waals surface area contributed by atoms with Gasteiger partial charge in [0.15, 0.2) is 0 Å². The molecule has 0 unspecified atom stereocenters. The van der Waals surface area contributed by atoms with Crippen LogP contribution in [0.15, 0.2) is 84.9 Å². The van der Waals surface area contributed by atoms with Gasteiger partial charge in [0.1, 0.15) is 0 Å². The highest BCUT2D eigenvalue weighted by Gasteiger charge is 2.44. The highest BCUT2D eigenvalue weighted by molar-refractivity contribution is 5.99. The van der Waals surface area contributed by atoms with E-state index >= 15 is 0 Å². The van der Waals surface area contributed by atoms with Crippen LogP contribution in [-0.2, 0) is 12.0 Å². The van der Waals surface area contributed by atoms with Crippen LogP contribution < -0.4 is 10.6 Å². The SMILES string of the molecule is CCCN(CCC)C(=O)c1cccc(C(=O)N[C@@H](Cc2ccccc2)[C@H](O)CNC2(c3ccccc3)CC2)c1. The quantitative estimate of drug-likeness (QED) is 0.278. The molecule has 0 heterocycles. The summed E-state index contributed by atoms with van der Waals surface area (Å²) in [5, 5.41) is 17.9. The lowest BCUT2D eigenvalue weighted by Gasteiger charge is -2.27. The summed E-state index contributed by atoms with van der Waals surface area (Å²) in [5.74, 6) is -0.361. The van der Waals surface area contributed by atoms with Crippen molar-refractivity contribution in [3.8, 4) is 0 Å². The number of benzene rings is 3. The maximum atomic E-state index is 13.4. The molecule has 6 heteroatoms. The molecule has 0 bridgehead atoms. The maximum absolute atomic E-state index is 13.4. The lowest BCUT2D eigenvalue weighted by molar-refractivity contribution is 0.0755. The Morgan fingerprint density at radius 1 is 0.872 bits per heavy atom. The summed E-state index contributed by atoms with van der Waals surface area (Å²) in [5.41, 5.74) is 3.06. The molecule has 4 rings (SSSR count). The summed E-state index contributed by atoms with van der Waals surface area (Å²) in [6, 6.07) is 26.6.